The van der Waals surface area contributed by atoms with E-state index in [0.29, 0.717) is 13.0 Å². The number of nitriles is 1. The molecule has 1 saturated heterocycles. The van der Waals surface area contributed by atoms with Gasteiger partial charge in [-0.25, -0.2) is 0 Å². The summed E-state index contributed by atoms with van der Waals surface area (Å²) in [6.07, 6.45) is 2.47. The number of aromatic nitrogens is 5. The summed E-state index contributed by atoms with van der Waals surface area (Å²) in [6, 6.07) is 2.94. The molecule has 2 fully saturated rings. The molecule has 3 aromatic rings. The number of alkyl halides is 3. The van der Waals surface area contributed by atoms with Gasteiger partial charge >= 0.3 is 18.2 Å². The Hall–Kier alpha value is -4.35. The first-order valence-electron chi connectivity index (χ1n) is 11.0. The summed E-state index contributed by atoms with van der Waals surface area (Å²) >= 11 is 0. The number of hydrogen-bond donors (Lipinski definition) is 1. The molecule has 1 aromatic carbocycles. The Morgan fingerprint density at radius 2 is 2.14 bits per heavy atom. The molecule has 2 aromatic heterocycles. The molecule has 2 aliphatic rings. The number of carbonyl (C=O) groups excluding carboxylic acids is 1. The largest absolute Gasteiger partial charge is 0.573 e. The molecule has 188 valence electrons. The second kappa shape index (κ2) is 9.36. The van der Waals surface area contributed by atoms with Crippen molar-refractivity contribution in [1.82, 2.24) is 35.4 Å². The highest BCUT2D eigenvalue weighted by Crippen LogP contribution is 2.38. The monoisotopic (exact) mass is 504 g/mol. The Labute approximate surface area is 201 Å². The van der Waals surface area contributed by atoms with Crippen LogP contribution in [0.15, 0.2) is 35.0 Å². The number of nitrogens with one attached hydrogen (secondary N) is 1. The van der Waals surface area contributed by atoms with Crippen LogP contribution < -0.4 is 14.8 Å². The molecule has 0 bridgehead atoms. The fraction of sp³-hybridized carbons (Fsp3) is 0.429. The van der Waals surface area contributed by atoms with Crippen LogP contribution in [0.2, 0.25) is 0 Å². The minimum absolute atomic E-state index is 0.0558. The number of nitrogens with zero attached hydrogens (tertiary/aromatic N) is 7. The molecule has 3 heterocycles. The standard InChI is InChI=1S/C21H19F3N8O4/c22-21(23,24)36-15-3-4-17(34-14-1-2-14)16(8-15)19-28-29-20(35-19)18(33)27-12-7-13(31(9-12)11-25)10-32-6-5-26-30-32/h3-6,8,12-14H,1-2,7,9-10H2,(H,27,33)/t12-,13+/m1/s1. The lowest BCUT2D eigenvalue weighted by molar-refractivity contribution is -0.274. The van der Waals surface area contributed by atoms with E-state index in [1.807, 2.05) is 0 Å². The van der Waals surface area contributed by atoms with Crippen LogP contribution in [-0.2, 0) is 6.54 Å². The van der Waals surface area contributed by atoms with Gasteiger partial charge in [0.05, 0.1) is 30.5 Å². The molecule has 15 heteroatoms. The van der Waals surface area contributed by atoms with Gasteiger partial charge in [-0.15, -0.1) is 28.5 Å². The quantitative estimate of drug-likeness (QED) is 0.453. The summed E-state index contributed by atoms with van der Waals surface area (Å²) in [5.74, 6) is -1.51. The molecule has 1 N–H and O–H groups in total. The van der Waals surface area contributed by atoms with Crippen LogP contribution in [0.5, 0.6) is 11.5 Å². The third-order valence-electron chi connectivity index (χ3n) is 5.60. The second-order valence-corrected chi connectivity index (χ2v) is 8.37. The van der Waals surface area contributed by atoms with Gasteiger partial charge in [0.1, 0.15) is 11.5 Å². The number of hydrogen-bond acceptors (Lipinski definition) is 10. The van der Waals surface area contributed by atoms with Gasteiger partial charge < -0.3 is 24.1 Å². The van der Waals surface area contributed by atoms with Gasteiger partial charge in [-0.2, -0.15) is 5.26 Å². The van der Waals surface area contributed by atoms with E-state index in [1.54, 1.807) is 15.8 Å². The van der Waals surface area contributed by atoms with Crippen LogP contribution in [-0.4, -0.2) is 67.1 Å². The summed E-state index contributed by atoms with van der Waals surface area (Å²) in [6.45, 7) is 0.698. The third-order valence-corrected chi connectivity index (χ3v) is 5.60. The Kier molecular flexibility index (Phi) is 6.08. The van der Waals surface area contributed by atoms with E-state index in [0.717, 1.165) is 25.0 Å². The first kappa shape index (κ1) is 23.4. The van der Waals surface area contributed by atoms with Crippen molar-refractivity contribution in [3.63, 3.8) is 0 Å². The zero-order valence-electron chi connectivity index (χ0n) is 18.6. The number of ether oxygens (including phenoxy) is 2. The molecular formula is C21H19F3N8O4. The molecule has 12 nitrogen and oxygen atoms in total. The maximum atomic E-state index is 12.8. The van der Waals surface area contributed by atoms with Crippen molar-refractivity contribution in [3.8, 4) is 29.1 Å². The van der Waals surface area contributed by atoms with E-state index in [2.05, 4.69) is 36.8 Å². The second-order valence-electron chi connectivity index (χ2n) is 8.37. The molecule has 1 aliphatic carbocycles. The van der Waals surface area contributed by atoms with Crippen molar-refractivity contribution in [2.24, 2.45) is 0 Å². The summed E-state index contributed by atoms with van der Waals surface area (Å²) in [5.41, 5.74) is 0.0691. The summed E-state index contributed by atoms with van der Waals surface area (Å²) in [7, 11) is 0. The van der Waals surface area contributed by atoms with E-state index < -0.39 is 18.0 Å². The maximum Gasteiger partial charge on any atom is 0.573 e. The summed E-state index contributed by atoms with van der Waals surface area (Å²) in [4.78, 5) is 14.3. The van der Waals surface area contributed by atoms with Crippen molar-refractivity contribution >= 4 is 5.91 Å². The molecular weight excluding hydrogens is 485 g/mol. The smallest absolute Gasteiger partial charge is 0.490 e. The molecule has 36 heavy (non-hydrogen) atoms. The lowest BCUT2D eigenvalue weighted by Gasteiger charge is -2.16. The van der Waals surface area contributed by atoms with Crippen LogP contribution in [0.3, 0.4) is 0 Å². The highest BCUT2D eigenvalue weighted by atomic mass is 19.4. The van der Waals surface area contributed by atoms with Crippen LogP contribution in [0, 0.1) is 11.5 Å². The van der Waals surface area contributed by atoms with Crippen LogP contribution in [0.4, 0.5) is 13.2 Å². The van der Waals surface area contributed by atoms with E-state index in [1.165, 1.54) is 12.3 Å². The number of likely N-dealkylation sites (tertiary alicyclic amines) is 1. The van der Waals surface area contributed by atoms with E-state index in [-0.39, 0.29) is 47.8 Å². The number of benzene rings is 1. The summed E-state index contributed by atoms with van der Waals surface area (Å²) in [5, 5.41) is 27.4. The molecule has 0 unspecified atom stereocenters. The van der Waals surface area contributed by atoms with Gasteiger partial charge in [0.25, 0.3) is 5.89 Å². The lowest BCUT2D eigenvalue weighted by atomic mass is 10.1. The zero-order valence-corrected chi connectivity index (χ0v) is 18.6. The number of amides is 1. The van der Waals surface area contributed by atoms with Gasteiger partial charge in [0, 0.05) is 18.8 Å². The molecule has 1 amide bonds. The number of halogens is 3. The van der Waals surface area contributed by atoms with E-state index >= 15 is 0 Å². The lowest BCUT2D eigenvalue weighted by Crippen LogP contribution is -2.36. The Morgan fingerprint density at radius 1 is 1.31 bits per heavy atom. The molecule has 1 aliphatic heterocycles. The first-order valence-corrected chi connectivity index (χ1v) is 11.0. The minimum Gasteiger partial charge on any atom is -0.490 e. The normalized spacial score (nSPS) is 19.7. The average molecular weight is 504 g/mol. The van der Waals surface area contributed by atoms with Crippen molar-refractivity contribution in [3.05, 3.63) is 36.5 Å². The average Bonchev–Trinajstić information content (AvgIpc) is 3.20. The maximum absolute atomic E-state index is 12.8. The Bertz CT molecular complexity index is 1270. The predicted molar refractivity (Wildman–Crippen MR) is 112 cm³/mol. The molecule has 1 saturated carbocycles. The van der Waals surface area contributed by atoms with Crippen molar-refractivity contribution in [2.45, 2.75) is 50.4 Å². The van der Waals surface area contributed by atoms with Crippen LogP contribution in [0.25, 0.3) is 11.5 Å². The number of carbonyl (C=O) groups is 1. The fourth-order valence-electron chi connectivity index (χ4n) is 3.88. The molecule has 2 atom stereocenters. The Morgan fingerprint density at radius 3 is 2.83 bits per heavy atom. The molecule has 0 spiro atoms. The van der Waals surface area contributed by atoms with Crippen molar-refractivity contribution in [2.75, 3.05) is 6.54 Å². The highest BCUT2D eigenvalue weighted by Gasteiger charge is 2.35. The fourth-order valence-corrected chi connectivity index (χ4v) is 3.88. The molecule has 5 rings (SSSR count). The SMILES string of the molecule is N#CN1C[C@H](NC(=O)c2nnc(-c3cc(OC(F)(F)F)ccc3OC3CC3)o2)C[C@H]1Cn1ccnn1. The topological polar surface area (TPSA) is 144 Å². The Balaban J connectivity index is 1.29. The zero-order chi connectivity index (χ0) is 25.3. The van der Waals surface area contributed by atoms with E-state index in [9.17, 15) is 23.2 Å². The van der Waals surface area contributed by atoms with Crippen LogP contribution >= 0.6 is 0 Å². The molecule has 0 radical (unpaired) electrons. The van der Waals surface area contributed by atoms with Gasteiger partial charge in [0.2, 0.25) is 0 Å². The van der Waals surface area contributed by atoms with Gasteiger partial charge in [0.15, 0.2) is 6.19 Å². The van der Waals surface area contributed by atoms with Gasteiger partial charge in [-0.05, 0) is 37.5 Å². The minimum atomic E-state index is -4.89. The number of rotatable bonds is 8. The summed E-state index contributed by atoms with van der Waals surface area (Å²) < 4.78 is 54.9. The van der Waals surface area contributed by atoms with Crippen LogP contribution in [0.1, 0.15) is 29.9 Å². The van der Waals surface area contributed by atoms with Crippen molar-refractivity contribution in [1.29, 1.82) is 5.26 Å². The first-order chi connectivity index (χ1) is 17.3. The predicted octanol–water partition coefficient (Wildman–Crippen LogP) is 2.12. The highest BCUT2D eigenvalue weighted by molar-refractivity contribution is 5.90. The van der Waals surface area contributed by atoms with Gasteiger partial charge in [-0.3, -0.25) is 9.48 Å². The van der Waals surface area contributed by atoms with Gasteiger partial charge in [-0.1, -0.05) is 5.21 Å². The third kappa shape index (κ3) is 5.48. The van der Waals surface area contributed by atoms with Crippen molar-refractivity contribution < 1.29 is 31.9 Å². The van der Waals surface area contributed by atoms with E-state index in [4.69, 9.17) is 9.15 Å².